The van der Waals surface area contributed by atoms with Crippen LogP contribution in [0.1, 0.15) is 25.0 Å². The second kappa shape index (κ2) is 10.4. The first-order chi connectivity index (χ1) is 13.8. The Morgan fingerprint density at radius 1 is 0.655 bits per heavy atom. The molecule has 0 fully saturated rings. The standard InChI is InChI=1S/C22H18O7/c1-15(23)27-19-9-5-3-7-17(19)11-13-21(25)29-22(26)14-12-18-8-4-6-10-20(18)28-16(2)24/h3-14H,1-2H3/b13-11+,14-12+. The molecule has 0 saturated carbocycles. The van der Waals surface area contributed by atoms with Gasteiger partial charge >= 0.3 is 23.9 Å². The van der Waals surface area contributed by atoms with Crippen molar-refractivity contribution in [3.8, 4) is 11.5 Å². The van der Waals surface area contributed by atoms with Crippen molar-refractivity contribution in [3.05, 3.63) is 71.8 Å². The number of carbonyl (C=O) groups is 4. The molecule has 0 aliphatic rings. The second-order valence-corrected chi connectivity index (χ2v) is 5.67. The van der Waals surface area contributed by atoms with Crippen LogP contribution >= 0.6 is 0 Å². The molecule has 148 valence electrons. The van der Waals surface area contributed by atoms with Gasteiger partial charge in [-0.15, -0.1) is 0 Å². The molecular formula is C22H18O7. The van der Waals surface area contributed by atoms with E-state index in [9.17, 15) is 19.2 Å². The number of carbonyl (C=O) groups excluding carboxylic acids is 4. The average Bonchev–Trinajstić information content (AvgIpc) is 2.66. The van der Waals surface area contributed by atoms with Gasteiger partial charge in [0.15, 0.2) is 0 Å². The fraction of sp³-hybridized carbons (Fsp3) is 0.0909. The molecule has 0 aliphatic carbocycles. The SMILES string of the molecule is CC(=O)Oc1ccccc1/C=C/C(=O)OC(=O)/C=C/c1ccccc1OC(C)=O. The van der Waals surface area contributed by atoms with E-state index in [-0.39, 0.29) is 11.5 Å². The Balaban J connectivity index is 2.01. The van der Waals surface area contributed by atoms with Gasteiger partial charge in [-0.1, -0.05) is 36.4 Å². The number of benzene rings is 2. The third-order valence-corrected chi connectivity index (χ3v) is 3.34. The maximum atomic E-state index is 11.8. The molecule has 0 bridgehead atoms. The van der Waals surface area contributed by atoms with Crippen molar-refractivity contribution in [3.63, 3.8) is 0 Å². The maximum Gasteiger partial charge on any atom is 0.338 e. The lowest BCUT2D eigenvalue weighted by molar-refractivity contribution is -0.152. The summed E-state index contributed by atoms with van der Waals surface area (Å²) in [5.74, 6) is -2.24. The normalized spacial score (nSPS) is 10.7. The van der Waals surface area contributed by atoms with Crippen LogP contribution in [-0.2, 0) is 23.9 Å². The Bertz CT molecular complexity index is 907. The first kappa shape index (κ1) is 21.3. The Kier molecular flexibility index (Phi) is 7.61. The summed E-state index contributed by atoms with van der Waals surface area (Å²) >= 11 is 0. The van der Waals surface area contributed by atoms with Crippen molar-refractivity contribution >= 4 is 36.0 Å². The van der Waals surface area contributed by atoms with E-state index in [0.29, 0.717) is 11.1 Å². The van der Waals surface area contributed by atoms with Crippen LogP contribution in [0, 0.1) is 0 Å². The lowest BCUT2D eigenvalue weighted by Gasteiger charge is -2.05. The van der Waals surface area contributed by atoms with Gasteiger partial charge in [-0.05, 0) is 24.3 Å². The highest BCUT2D eigenvalue weighted by Crippen LogP contribution is 2.20. The molecule has 2 aromatic rings. The fourth-order valence-electron chi connectivity index (χ4n) is 2.21. The molecule has 2 rings (SSSR count). The molecule has 0 aliphatic heterocycles. The van der Waals surface area contributed by atoms with Crippen LogP contribution in [-0.4, -0.2) is 23.9 Å². The lowest BCUT2D eigenvalue weighted by atomic mass is 10.2. The molecule has 0 atom stereocenters. The van der Waals surface area contributed by atoms with Crippen LogP contribution in [0.3, 0.4) is 0 Å². The zero-order valence-corrected chi connectivity index (χ0v) is 15.8. The smallest absolute Gasteiger partial charge is 0.338 e. The molecule has 0 spiro atoms. The zero-order valence-electron chi connectivity index (χ0n) is 15.8. The van der Waals surface area contributed by atoms with Gasteiger partial charge in [-0.2, -0.15) is 0 Å². The van der Waals surface area contributed by atoms with Crippen molar-refractivity contribution < 1.29 is 33.4 Å². The highest BCUT2D eigenvalue weighted by molar-refractivity contribution is 6.00. The van der Waals surface area contributed by atoms with Crippen LogP contribution in [0.5, 0.6) is 11.5 Å². The van der Waals surface area contributed by atoms with E-state index in [2.05, 4.69) is 4.74 Å². The summed E-state index contributed by atoms with van der Waals surface area (Å²) in [7, 11) is 0. The van der Waals surface area contributed by atoms with E-state index < -0.39 is 23.9 Å². The first-order valence-corrected chi connectivity index (χ1v) is 8.52. The van der Waals surface area contributed by atoms with Gasteiger partial charge in [0.2, 0.25) is 0 Å². The Hall–Kier alpha value is -4.00. The number of esters is 4. The van der Waals surface area contributed by atoms with E-state index in [1.807, 2.05) is 0 Å². The minimum atomic E-state index is -0.898. The molecule has 7 nitrogen and oxygen atoms in total. The average molecular weight is 394 g/mol. The molecular weight excluding hydrogens is 376 g/mol. The Labute approximate surface area is 167 Å². The minimum absolute atomic E-state index is 0.275. The van der Waals surface area contributed by atoms with E-state index in [0.717, 1.165) is 12.2 Å². The quantitative estimate of drug-likeness (QED) is 0.321. The minimum Gasteiger partial charge on any atom is -0.426 e. The predicted molar refractivity (Wildman–Crippen MR) is 105 cm³/mol. The predicted octanol–water partition coefficient (Wildman–Crippen LogP) is 3.33. The van der Waals surface area contributed by atoms with Crippen molar-refractivity contribution in [2.24, 2.45) is 0 Å². The highest BCUT2D eigenvalue weighted by Gasteiger charge is 2.08. The van der Waals surface area contributed by atoms with Gasteiger partial charge in [-0.25, -0.2) is 9.59 Å². The third-order valence-electron chi connectivity index (χ3n) is 3.34. The van der Waals surface area contributed by atoms with Gasteiger partial charge in [0, 0.05) is 37.1 Å². The molecule has 0 radical (unpaired) electrons. The Morgan fingerprint density at radius 2 is 1.03 bits per heavy atom. The van der Waals surface area contributed by atoms with E-state index in [4.69, 9.17) is 9.47 Å². The second-order valence-electron chi connectivity index (χ2n) is 5.67. The highest BCUT2D eigenvalue weighted by atomic mass is 16.6. The van der Waals surface area contributed by atoms with Gasteiger partial charge in [-0.3, -0.25) is 9.59 Å². The van der Waals surface area contributed by atoms with Gasteiger partial charge in [0.05, 0.1) is 0 Å². The summed E-state index contributed by atoms with van der Waals surface area (Å²) < 4.78 is 14.7. The molecule has 0 saturated heterocycles. The summed E-state index contributed by atoms with van der Waals surface area (Å²) in [6, 6.07) is 13.2. The molecule has 0 heterocycles. The van der Waals surface area contributed by atoms with Crippen molar-refractivity contribution in [1.82, 2.24) is 0 Å². The summed E-state index contributed by atoms with van der Waals surface area (Å²) in [6.45, 7) is 2.53. The van der Waals surface area contributed by atoms with Crippen LogP contribution in [0.15, 0.2) is 60.7 Å². The molecule has 0 amide bonds. The number of para-hydroxylation sites is 2. The van der Waals surface area contributed by atoms with Gasteiger partial charge in [0.25, 0.3) is 0 Å². The molecule has 0 N–H and O–H groups in total. The van der Waals surface area contributed by atoms with E-state index >= 15 is 0 Å². The first-order valence-electron chi connectivity index (χ1n) is 8.52. The summed E-state index contributed by atoms with van der Waals surface area (Å²) in [5.41, 5.74) is 0.941. The lowest BCUT2D eigenvalue weighted by Crippen LogP contribution is -2.07. The summed E-state index contributed by atoms with van der Waals surface area (Å²) in [5, 5.41) is 0. The van der Waals surface area contributed by atoms with Crippen molar-refractivity contribution in [2.75, 3.05) is 0 Å². The number of hydrogen-bond acceptors (Lipinski definition) is 7. The van der Waals surface area contributed by atoms with Crippen molar-refractivity contribution in [1.29, 1.82) is 0 Å². The molecule has 7 heteroatoms. The summed E-state index contributed by atoms with van der Waals surface area (Å²) in [4.78, 5) is 45.9. The Morgan fingerprint density at radius 3 is 1.41 bits per heavy atom. The third kappa shape index (κ3) is 7.26. The summed E-state index contributed by atoms with van der Waals surface area (Å²) in [6.07, 6.45) is 4.82. The van der Waals surface area contributed by atoms with E-state index in [1.165, 1.54) is 26.0 Å². The van der Waals surface area contributed by atoms with Crippen LogP contribution in [0.25, 0.3) is 12.2 Å². The fourth-order valence-corrected chi connectivity index (χ4v) is 2.21. The van der Waals surface area contributed by atoms with Crippen LogP contribution < -0.4 is 9.47 Å². The van der Waals surface area contributed by atoms with E-state index in [1.54, 1.807) is 48.5 Å². The number of rotatable bonds is 6. The molecule has 2 aromatic carbocycles. The molecule has 0 aromatic heterocycles. The molecule has 0 unspecified atom stereocenters. The van der Waals surface area contributed by atoms with Gasteiger partial charge < -0.3 is 14.2 Å². The maximum absolute atomic E-state index is 11.8. The monoisotopic (exact) mass is 394 g/mol. The largest absolute Gasteiger partial charge is 0.426 e. The number of ether oxygens (including phenoxy) is 3. The van der Waals surface area contributed by atoms with Crippen molar-refractivity contribution in [2.45, 2.75) is 13.8 Å². The number of hydrogen-bond donors (Lipinski definition) is 0. The topological polar surface area (TPSA) is 96.0 Å². The molecule has 29 heavy (non-hydrogen) atoms. The van der Waals surface area contributed by atoms with Crippen LogP contribution in [0.4, 0.5) is 0 Å². The zero-order chi connectivity index (χ0) is 21.2. The van der Waals surface area contributed by atoms with Crippen LogP contribution in [0.2, 0.25) is 0 Å². The van der Waals surface area contributed by atoms with Gasteiger partial charge in [0.1, 0.15) is 11.5 Å².